The van der Waals surface area contributed by atoms with Crippen LogP contribution in [-0.2, 0) is 0 Å². The van der Waals surface area contributed by atoms with Gasteiger partial charge in [0.25, 0.3) is 0 Å². The maximum Gasteiger partial charge on any atom is 0.374 e. The van der Waals surface area contributed by atoms with E-state index in [4.69, 9.17) is 30.7 Å². The highest BCUT2D eigenvalue weighted by molar-refractivity contribution is 6.33. The molecule has 110 valence electrons. The third kappa shape index (κ3) is 2.42. The fourth-order valence-corrected chi connectivity index (χ4v) is 2.58. The molecule has 21 heavy (non-hydrogen) atoms. The molecule has 0 amide bonds. The minimum Gasteiger partial charge on any atom is -0.489 e. The van der Waals surface area contributed by atoms with Crippen LogP contribution in [0.2, 0.25) is 5.02 Å². The second-order valence-corrected chi connectivity index (χ2v) is 5.02. The average molecular weight is 310 g/mol. The number of aromatic carboxylic acids is 1. The van der Waals surface area contributed by atoms with E-state index in [9.17, 15) is 4.79 Å². The summed E-state index contributed by atoms with van der Waals surface area (Å²) >= 11 is 6.28. The number of carboxylic acids is 1. The lowest BCUT2D eigenvalue weighted by atomic mass is 10.0. The van der Waals surface area contributed by atoms with Crippen LogP contribution in [0.4, 0.5) is 0 Å². The third-order valence-corrected chi connectivity index (χ3v) is 3.50. The van der Waals surface area contributed by atoms with Crippen molar-refractivity contribution in [2.75, 3.05) is 13.2 Å². The van der Waals surface area contributed by atoms with E-state index in [1.807, 2.05) is 6.92 Å². The first-order chi connectivity index (χ1) is 10.1. The molecule has 1 aromatic heterocycles. The normalized spacial score (nSPS) is 13.8. The summed E-state index contributed by atoms with van der Waals surface area (Å²) in [7, 11) is 0. The van der Waals surface area contributed by atoms with Crippen molar-refractivity contribution >= 4 is 17.6 Å². The summed E-state index contributed by atoms with van der Waals surface area (Å²) in [5.41, 5.74) is 1.67. The van der Waals surface area contributed by atoms with Crippen LogP contribution in [0, 0.1) is 6.92 Å². The van der Waals surface area contributed by atoms with E-state index in [-0.39, 0.29) is 5.76 Å². The van der Waals surface area contributed by atoms with E-state index in [0.29, 0.717) is 41.0 Å². The number of benzene rings is 1. The fourth-order valence-electron chi connectivity index (χ4n) is 2.24. The van der Waals surface area contributed by atoms with Crippen LogP contribution in [0.1, 0.15) is 22.5 Å². The molecule has 7 heteroatoms. The number of halogens is 1. The van der Waals surface area contributed by atoms with Crippen LogP contribution >= 0.6 is 11.6 Å². The van der Waals surface area contributed by atoms with E-state index < -0.39 is 5.97 Å². The third-order valence-electron chi connectivity index (χ3n) is 3.21. The lowest BCUT2D eigenvalue weighted by Crippen LogP contribution is -1.98. The Morgan fingerprint density at radius 3 is 2.81 bits per heavy atom. The van der Waals surface area contributed by atoms with Gasteiger partial charge in [-0.3, -0.25) is 0 Å². The topological polar surface area (TPSA) is 81.8 Å². The summed E-state index contributed by atoms with van der Waals surface area (Å²) in [6.07, 6.45) is 0.786. The molecular formula is C14H12ClNO5. The van der Waals surface area contributed by atoms with Gasteiger partial charge in [0.05, 0.1) is 18.2 Å². The Kier molecular flexibility index (Phi) is 3.47. The number of rotatable bonds is 2. The van der Waals surface area contributed by atoms with Gasteiger partial charge in [-0.1, -0.05) is 16.8 Å². The summed E-state index contributed by atoms with van der Waals surface area (Å²) in [6.45, 7) is 2.94. The van der Waals surface area contributed by atoms with Gasteiger partial charge in [-0.2, -0.15) is 0 Å². The highest BCUT2D eigenvalue weighted by Gasteiger charge is 2.23. The van der Waals surface area contributed by atoms with E-state index in [1.165, 1.54) is 6.07 Å². The predicted molar refractivity (Wildman–Crippen MR) is 74.3 cm³/mol. The zero-order valence-electron chi connectivity index (χ0n) is 11.2. The van der Waals surface area contributed by atoms with Crippen LogP contribution < -0.4 is 9.47 Å². The van der Waals surface area contributed by atoms with E-state index in [2.05, 4.69) is 5.16 Å². The molecule has 0 radical (unpaired) electrons. The van der Waals surface area contributed by atoms with Crippen molar-refractivity contribution in [3.8, 4) is 22.8 Å². The van der Waals surface area contributed by atoms with Gasteiger partial charge in [0, 0.05) is 29.7 Å². The Morgan fingerprint density at radius 1 is 1.33 bits per heavy atom. The van der Waals surface area contributed by atoms with Crippen molar-refractivity contribution in [2.24, 2.45) is 0 Å². The van der Waals surface area contributed by atoms with E-state index >= 15 is 0 Å². The summed E-state index contributed by atoms with van der Waals surface area (Å²) in [5.74, 6) is -0.239. The molecule has 0 atom stereocenters. The number of ether oxygens (including phenoxy) is 2. The Balaban J connectivity index is 2.13. The molecule has 3 rings (SSSR count). The van der Waals surface area contributed by atoms with Crippen LogP contribution in [0.3, 0.4) is 0 Å². The number of carbonyl (C=O) groups is 1. The Hall–Kier alpha value is -2.21. The second-order valence-electron chi connectivity index (χ2n) is 4.62. The van der Waals surface area contributed by atoms with E-state index in [0.717, 1.165) is 12.0 Å². The maximum atomic E-state index is 10.9. The molecule has 1 aliphatic heterocycles. The molecule has 0 fully saturated rings. The standard InChI is InChI=1S/C14H12ClNO5/c1-7-12(9-6-11(14(17)18)21-16-9)8(15)5-10-13(7)20-4-2-3-19-10/h5-6H,2-4H2,1H3,(H,17,18). The lowest BCUT2D eigenvalue weighted by Gasteiger charge is -2.14. The smallest absolute Gasteiger partial charge is 0.374 e. The number of carboxylic acid groups (broad SMARTS) is 1. The first kappa shape index (κ1) is 13.8. The Labute approximate surface area is 125 Å². The summed E-state index contributed by atoms with van der Waals surface area (Å²) < 4.78 is 16.1. The lowest BCUT2D eigenvalue weighted by molar-refractivity contribution is 0.0652. The van der Waals surface area contributed by atoms with Gasteiger partial charge in [-0.15, -0.1) is 0 Å². The SMILES string of the molecule is Cc1c2c(cc(Cl)c1-c1cc(C(=O)O)on1)OCCCO2. The van der Waals surface area contributed by atoms with E-state index in [1.54, 1.807) is 6.07 Å². The molecule has 2 aromatic rings. The second kappa shape index (κ2) is 5.29. The number of hydrogen-bond donors (Lipinski definition) is 1. The highest BCUT2D eigenvalue weighted by atomic mass is 35.5. The van der Waals surface area contributed by atoms with Crippen molar-refractivity contribution in [3.63, 3.8) is 0 Å². The first-order valence-electron chi connectivity index (χ1n) is 6.37. The van der Waals surface area contributed by atoms with Gasteiger partial charge in [0.1, 0.15) is 5.69 Å². The Morgan fingerprint density at radius 2 is 2.10 bits per heavy atom. The number of aromatic nitrogens is 1. The van der Waals surface area contributed by atoms with Gasteiger partial charge >= 0.3 is 5.97 Å². The van der Waals surface area contributed by atoms with Crippen molar-refractivity contribution in [2.45, 2.75) is 13.3 Å². The molecule has 6 nitrogen and oxygen atoms in total. The monoisotopic (exact) mass is 309 g/mol. The highest BCUT2D eigenvalue weighted by Crippen LogP contribution is 2.43. The molecule has 0 unspecified atom stereocenters. The molecule has 1 N–H and O–H groups in total. The first-order valence-corrected chi connectivity index (χ1v) is 6.75. The van der Waals surface area contributed by atoms with Gasteiger partial charge in [0.2, 0.25) is 5.76 Å². The molecule has 0 bridgehead atoms. The zero-order valence-corrected chi connectivity index (χ0v) is 11.9. The summed E-state index contributed by atoms with van der Waals surface area (Å²) in [5, 5.41) is 13.1. The van der Waals surface area contributed by atoms with Crippen molar-refractivity contribution in [1.29, 1.82) is 0 Å². The van der Waals surface area contributed by atoms with Crippen molar-refractivity contribution in [1.82, 2.24) is 5.16 Å². The molecule has 0 spiro atoms. The van der Waals surface area contributed by atoms with Gasteiger partial charge in [-0.25, -0.2) is 4.79 Å². The minimum absolute atomic E-state index is 0.243. The minimum atomic E-state index is -1.18. The number of nitrogens with zero attached hydrogens (tertiary/aromatic N) is 1. The van der Waals surface area contributed by atoms with Crippen molar-refractivity contribution in [3.05, 3.63) is 28.5 Å². The number of fused-ring (bicyclic) bond motifs is 1. The van der Waals surface area contributed by atoms with Crippen LogP contribution in [-0.4, -0.2) is 29.4 Å². The number of hydrogen-bond acceptors (Lipinski definition) is 5. The molecule has 2 heterocycles. The van der Waals surface area contributed by atoms with Gasteiger partial charge < -0.3 is 19.1 Å². The summed E-state index contributed by atoms with van der Waals surface area (Å²) in [6, 6.07) is 2.99. The van der Waals surface area contributed by atoms with Crippen LogP contribution in [0.15, 0.2) is 16.7 Å². The summed E-state index contributed by atoms with van der Waals surface area (Å²) in [4.78, 5) is 10.9. The molecule has 0 saturated heterocycles. The molecule has 0 saturated carbocycles. The Bertz CT molecular complexity index is 710. The zero-order chi connectivity index (χ0) is 15.0. The van der Waals surface area contributed by atoms with Gasteiger partial charge in [0.15, 0.2) is 11.5 Å². The largest absolute Gasteiger partial charge is 0.489 e. The van der Waals surface area contributed by atoms with Crippen LogP contribution in [0.25, 0.3) is 11.3 Å². The maximum absolute atomic E-state index is 10.9. The predicted octanol–water partition coefficient (Wildman–Crippen LogP) is 3.16. The fraction of sp³-hybridized carbons (Fsp3) is 0.286. The molecular weight excluding hydrogens is 298 g/mol. The van der Waals surface area contributed by atoms with Crippen LogP contribution in [0.5, 0.6) is 11.5 Å². The van der Waals surface area contributed by atoms with Crippen molar-refractivity contribution < 1.29 is 23.9 Å². The molecule has 0 aliphatic carbocycles. The van der Waals surface area contributed by atoms with Gasteiger partial charge in [-0.05, 0) is 6.92 Å². The molecule has 1 aromatic carbocycles. The quantitative estimate of drug-likeness (QED) is 0.917. The molecule has 1 aliphatic rings. The average Bonchev–Trinajstić information content (AvgIpc) is 2.79.